The number of nitro groups is 1. The van der Waals surface area contributed by atoms with Crippen LogP contribution in [0.25, 0.3) is 12.0 Å². The monoisotopic (exact) mass is 378 g/mol. The van der Waals surface area contributed by atoms with Gasteiger partial charge in [0.1, 0.15) is 5.82 Å². The molecule has 3 rings (SSSR count). The largest absolute Gasteiger partial charge is 0.307 e. The standard InChI is InChI=1S/C19H18N6O3/c1-12-10-13(2)21-19(20-12)24-17(11-14(3)23-24)22-18(26)9-8-15-6-4-5-7-16(15)25(27)28/h4-11H,1-3H3,(H,22,26)/b9-8+. The molecule has 0 radical (unpaired) electrons. The number of para-hydroxylation sites is 1. The maximum atomic E-state index is 12.3. The van der Waals surface area contributed by atoms with E-state index in [-0.39, 0.29) is 5.69 Å². The average molecular weight is 378 g/mol. The van der Waals surface area contributed by atoms with E-state index in [0.29, 0.717) is 23.0 Å². The Balaban J connectivity index is 1.85. The first-order valence-electron chi connectivity index (χ1n) is 8.45. The number of nitro benzene ring substituents is 1. The fraction of sp³-hybridized carbons (Fsp3) is 0.158. The van der Waals surface area contributed by atoms with Crippen LogP contribution in [0.5, 0.6) is 0 Å². The Morgan fingerprint density at radius 3 is 2.46 bits per heavy atom. The van der Waals surface area contributed by atoms with Crippen LogP contribution in [0.4, 0.5) is 11.5 Å². The number of aromatic nitrogens is 4. The highest BCUT2D eigenvalue weighted by molar-refractivity contribution is 6.01. The number of nitrogens with one attached hydrogen (secondary N) is 1. The zero-order valence-electron chi connectivity index (χ0n) is 15.6. The molecular formula is C19H18N6O3. The number of hydrogen-bond donors (Lipinski definition) is 1. The van der Waals surface area contributed by atoms with Gasteiger partial charge < -0.3 is 5.32 Å². The van der Waals surface area contributed by atoms with Crippen molar-refractivity contribution in [3.05, 3.63) is 75.2 Å². The van der Waals surface area contributed by atoms with Crippen LogP contribution < -0.4 is 5.32 Å². The van der Waals surface area contributed by atoms with Gasteiger partial charge in [0.25, 0.3) is 11.6 Å². The lowest BCUT2D eigenvalue weighted by Crippen LogP contribution is -2.14. The number of benzene rings is 1. The highest BCUT2D eigenvalue weighted by Gasteiger charge is 2.14. The topological polar surface area (TPSA) is 116 Å². The predicted molar refractivity (Wildman–Crippen MR) is 104 cm³/mol. The van der Waals surface area contributed by atoms with Gasteiger partial charge in [0.15, 0.2) is 0 Å². The Hall–Kier alpha value is -3.88. The van der Waals surface area contributed by atoms with Crippen LogP contribution in [0.15, 0.2) is 42.5 Å². The molecule has 0 aliphatic carbocycles. The Morgan fingerprint density at radius 2 is 1.79 bits per heavy atom. The minimum absolute atomic E-state index is 0.0731. The summed E-state index contributed by atoms with van der Waals surface area (Å²) in [6.45, 7) is 5.49. The molecule has 0 bridgehead atoms. The van der Waals surface area contributed by atoms with Crippen molar-refractivity contribution >= 4 is 23.5 Å². The first kappa shape index (κ1) is 18.9. The van der Waals surface area contributed by atoms with E-state index in [4.69, 9.17) is 0 Å². The minimum Gasteiger partial charge on any atom is -0.307 e. The van der Waals surface area contributed by atoms with Crippen LogP contribution in [0.1, 0.15) is 22.6 Å². The molecule has 1 N–H and O–H groups in total. The molecule has 2 aromatic heterocycles. The number of nitrogens with zero attached hydrogens (tertiary/aromatic N) is 5. The van der Waals surface area contributed by atoms with Crippen LogP contribution in [0.3, 0.4) is 0 Å². The average Bonchev–Trinajstić information content (AvgIpc) is 2.99. The van der Waals surface area contributed by atoms with Crippen LogP contribution in [-0.4, -0.2) is 30.6 Å². The van der Waals surface area contributed by atoms with Crippen LogP contribution >= 0.6 is 0 Å². The summed E-state index contributed by atoms with van der Waals surface area (Å²) in [6.07, 6.45) is 2.63. The van der Waals surface area contributed by atoms with Crippen molar-refractivity contribution in [2.24, 2.45) is 0 Å². The van der Waals surface area contributed by atoms with Crippen molar-refractivity contribution < 1.29 is 9.72 Å². The normalized spacial score (nSPS) is 11.0. The zero-order chi connectivity index (χ0) is 20.3. The van der Waals surface area contributed by atoms with Gasteiger partial charge in [-0.2, -0.15) is 9.78 Å². The lowest BCUT2D eigenvalue weighted by Gasteiger charge is -2.07. The molecule has 9 heteroatoms. The summed E-state index contributed by atoms with van der Waals surface area (Å²) in [5, 5.41) is 18.1. The molecule has 142 valence electrons. The summed E-state index contributed by atoms with van der Waals surface area (Å²) in [5.74, 6) is 0.298. The van der Waals surface area contributed by atoms with Gasteiger partial charge in [0, 0.05) is 29.6 Å². The molecule has 0 atom stereocenters. The van der Waals surface area contributed by atoms with E-state index in [1.54, 1.807) is 31.2 Å². The van der Waals surface area contributed by atoms with Gasteiger partial charge in [-0.25, -0.2) is 9.97 Å². The summed E-state index contributed by atoms with van der Waals surface area (Å²) < 4.78 is 1.45. The summed E-state index contributed by atoms with van der Waals surface area (Å²) in [5.41, 5.74) is 2.51. The van der Waals surface area contributed by atoms with Crippen molar-refractivity contribution in [2.45, 2.75) is 20.8 Å². The van der Waals surface area contributed by atoms with E-state index < -0.39 is 10.8 Å². The SMILES string of the molecule is Cc1cc(C)nc(-n2nc(C)cc2NC(=O)/C=C/c2ccccc2[N+](=O)[O-])n1. The summed E-state index contributed by atoms with van der Waals surface area (Å²) >= 11 is 0. The first-order valence-corrected chi connectivity index (χ1v) is 8.45. The van der Waals surface area contributed by atoms with E-state index in [1.165, 1.54) is 22.9 Å². The molecular weight excluding hydrogens is 360 g/mol. The number of amides is 1. The molecule has 0 saturated heterocycles. The van der Waals surface area contributed by atoms with Crippen molar-refractivity contribution in [3.63, 3.8) is 0 Å². The quantitative estimate of drug-likeness (QED) is 0.414. The summed E-state index contributed by atoms with van der Waals surface area (Å²) in [7, 11) is 0. The highest BCUT2D eigenvalue weighted by Crippen LogP contribution is 2.19. The van der Waals surface area contributed by atoms with E-state index >= 15 is 0 Å². The Labute approximate surface area is 160 Å². The van der Waals surface area contributed by atoms with Crippen molar-refractivity contribution in [3.8, 4) is 5.95 Å². The summed E-state index contributed by atoms with van der Waals surface area (Å²) in [4.78, 5) is 31.6. The van der Waals surface area contributed by atoms with Gasteiger partial charge in [-0.1, -0.05) is 12.1 Å². The van der Waals surface area contributed by atoms with Crippen molar-refractivity contribution in [2.75, 3.05) is 5.32 Å². The van der Waals surface area contributed by atoms with E-state index in [0.717, 1.165) is 11.4 Å². The lowest BCUT2D eigenvalue weighted by atomic mass is 10.1. The minimum atomic E-state index is -0.493. The molecule has 0 unspecified atom stereocenters. The molecule has 0 fully saturated rings. The molecule has 9 nitrogen and oxygen atoms in total. The number of hydrogen-bond acceptors (Lipinski definition) is 6. The third-order valence-electron chi connectivity index (χ3n) is 3.79. The molecule has 0 aliphatic heterocycles. The number of carbonyl (C=O) groups excluding carboxylic acids is 1. The second kappa shape index (κ2) is 7.78. The third kappa shape index (κ3) is 4.26. The summed E-state index contributed by atoms with van der Waals surface area (Å²) in [6, 6.07) is 9.72. The van der Waals surface area contributed by atoms with E-state index in [2.05, 4.69) is 20.4 Å². The number of rotatable bonds is 5. The van der Waals surface area contributed by atoms with Gasteiger partial charge in [-0.15, -0.1) is 0 Å². The second-order valence-corrected chi connectivity index (χ2v) is 6.17. The van der Waals surface area contributed by atoms with E-state index in [9.17, 15) is 14.9 Å². The molecule has 0 aliphatic rings. The van der Waals surface area contributed by atoms with Gasteiger partial charge in [0.05, 0.1) is 16.2 Å². The third-order valence-corrected chi connectivity index (χ3v) is 3.79. The number of aryl methyl sites for hydroxylation is 3. The molecule has 0 spiro atoms. The van der Waals surface area contributed by atoms with Crippen LogP contribution in [0, 0.1) is 30.9 Å². The fourth-order valence-electron chi connectivity index (χ4n) is 2.67. The molecule has 1 aromatic carbocycles. The Morgan fingerprint density at radius 1 is 1.11 bits per heavy atom. The number of carbonyl (C=O) groups is 1. The Bertz CT molecular complexity index is 1070. The lowest BCUT2D eigenvalue weighted by molar-refractivity contribution is -0.385. The molecule has 3 aromatic rings. The van der Waals surface area contributed by atoms with Gasteiger partial charge in [-0.3, -0.25) is 14.9 Å². The molecule has 28 heavy (non-hydrogen) atoms. The van der Waals surface area contributed by atoms with Gasteiger partial charge >= 0.3 is 0 Å². The first-order chi connectivity index (χ1) is 13.3. The van der Waals surface area contributed by atoms with E-state index in [1.807, 2.05) is 19.9 Å². The van der Waals surface area contributed by atoms with Crippen molar-refractivity contribution in [1.29, 1.82) is 0 Å². The smallest absolute Gasteiger partial charge is 0.276 e. The predicted octanol–water partition coefficient (Wildman–Crippen LogP) is 3.15. The van der Waals surface area contributed by atoms with Crippen LogP contribution in [-0.2, 0) is 4.79 Å². The molecule has 2 heterocycles. The highest BCUT2D eigenvalue weighted by atomic mass is 16.6. The second-order valence-electron chi connectivity index (χ2n) is 6.17. The van der Waals surface area contributed by atoms with Crippen LogP contribution in [0.2, 0.25) is 0 Å². The van der Waals surface area contributed by atoms with Gasteiger partial charge in [0.2, 0.25) is 5.91 Å². The zero-order valence-corrected chi connectivity index (χ0v) is 15.6. The van der Waals surface area contributed by atoms with Crippen molar-refractivity contribution in [1.82, 2.24) is 19.7 Å². The molecule has 1 amide bonds. The van der Waals surface area contributed by atoms with Gasteiger partial charge in [-0.05, 0) is 39.0 Å². The number of anilines is 1. The maximum Gasteiger partial charge on any atom is 0.276 e. The maximum absolute atomic E-state index is 12.3. The Kier molecular flexibility index (Phi) is 5.25. The fourth-order valence-corrected chi connectivity index (χ4v) is 2.67. The molecule has 0 saturated carbocycles.